The smallest absolute Gasteiger partial charge is 0.316 e. The highest BCUT2D eigenvalue weighted by Gasteiger charge is 2.20. The van der Waals surface area contributed by atoms with Crippen molar-refractivity contribution in [3.05, 3.63) is 48.8 Å². The van der Waals surface area contributed by atoms with Gasteiger partial charge in [0.1, 0.15) is 18.5 Å². The van der Waals surface area contributed by atoms with Crippen molar-refractivity contribution in [1.29, 1.82) is 0 Å². The number of piperidine rings is 1. The summed E-state index contributed by atoms with van der Waals surface area (Å²) in [5.41, 5.74) is 1.84. The van der Waals surface area contributed by atoms with E-state index in [2.05, 4.69) is 20.9 Å². The highest BCUT2D eigenvalue weighted by molar-refractivity contribution is 5.97. The summed E-state index contributed by atoms with van der Waals surface area (Å²) in [4.78, 5) is 10.7. The van der Waals surface area contributed by atoms with E-state index in [0.29, 0.717) is 24.2 Å². The Morgan fingerprint density at radius 2 is 1.87 bits per heavy atom. The summed E-state index contributed by atoms with van der Waals surface area (Å²) in [6.07, 6.45) is 4.85. The van der Waals surface area contributed by atoms with Crippen molar-refractivity contribution in [2.75, 3.05) is 40.0 Å². The van der Waals surface area contributed by atoms with E-state index in [1.807, 2.05) is 30.3 Å². The summed E-state index contributed by atoms with van der Waals surface area (Å²) in [6.45, 7) is 2.85. The maximum absolute atomic E-state index is 10.5. The van der Waals surface area contributed by atoms with Crippen molar-refractivity contribution in [3.63, 3.8) is 0 Å². The summed E-state index contributed by atoms with van der Waals surface area (Å²) in [7, 11) is 1.54. The van der Waals surface area contributed by atoms with Crippen LogP contribution in [0.1, 0.15) is 12.8 Å². The number of methoxy groups -OCH3 is 1. The van der Waals surface area contributed by atoms with Crippen molar-refractivity contribution >= 4 is 10.8 Å². The number of nitrogens with zero attached hydrogens (tertiary/aromatic N) is 3. The van der Waals surface area contributed by atoms with Crippen LogP contribution in [-0.4, -0.2) is 71.1 Å². The first-order chi connectivity index (χ1) is 15.2. The molecule has 31 heavy (non-hydrogen) atoms. The van der Waals surface area contributed by atoms with Gasteiger partial charge >= 0.3 is 6.01 Å². The molecule has 1 saturated heterocycles. The molecular weight excluding hydrogens is 394 g/mol. The predicted molar refractivity (Wildman–Crippen MR) is 119 cm³/mol. The van der Waals surface area contributed by atoms with E-state index in [-0.39, 0.29) is 13.2 Å². The molecule has 1 aliphatic rings. The number of fused-ring (bicyclic) bond motifs is 1. The zero-order valence-electron chi connectivity index (χ0n) is 17.8. The van der Waals surface area contributed by atoms with Crippen LogP contribution in [-0.2, 0) is 0 Å². The fraction of sp³-hybridized carbons (Fsp3) is 0.417. The summed E-state index contributed by atoms with van der Waals surface area (Å²) >= 11 is 0. The minimum absolute atomic E-state index is 0.219. The summed E-state index contributed by atoms with van der Waals surface area (Å²) in [6, 6.07) is 12.4. The molecular formula is C24H29N3O4. The van der Waals surface area contributed by atoms with Crippen LogP contribution in [0.5, 0.6) is 11.8 Å². The number of likely N-dealkylation sites (tertiary alicyclic amines) is 1. The lowest BCUT2D eigenvalue weighted by Crippen LogP contribution is -2.41. The van der Waals surface area contributed by atoms with Gasteiger partial charge in [-0.05, 0) is 60.3 Å². The van der Waals surface area contributed by atoms with Gasteiger partial charge in [0.2, 0.25) is 0 Å². The molecule has 1 atom stereocenters. The van der Waals surface area contributed by atoms with Gasteiger partial charge in [-0.2, -0.15) is 0 Å². The van der Waals surface area contributed by atoms with Gasteiger partial charge in [0.05, 0.1) is 7.11 Å². The molecule has 2 N–H and O–H groups in total. The quantitative estimate of drug-likeness (QED) is 0.576. The molecule has 4 rings (SSSR count). The molecule has 2 heterocycles. The minimum Gasteiger partial charge on any atom is -0.491 e. The molecule has 0 bridgehead atoms. The van der Waals surface area contributed by atoms with Crippen LogP contribution < -0.4 is 9.47 Å². The highest BCUT2D eigenvalue weighted by atomic mass is 16.5. The Kier molecular flexibility index (Phi) is 6.96. The lowest BCUT2D eigenvalue weighted by molar-refractivity contribution is 0.0489. The van der Waals surface area contributed by atoms with Crippen LogP contribution in [0.15, 0.2) is 48.8 Å². The van der Waals surface area contributed by atoms with Gasteiger partial charge in [0.15, 0.2) is 0 Å². The van der Waals surface area contributed by atoms with E-state index in [1.165, 1.54) is 0 Å². The number of rotatable bonds is 8. The first-order valence-corrected chi connectivity index (χ1v) is 10.7. The monoisotopic (exact) mass is 423 g/mol. The third-order valence-electron chi connectivity index (χ3n) is 5.83. The lowest BCUT2D eigenvalue weighted by Gasteiger charge is -2.32. The lowest BCUT2D eigenvalue weighted by atomic mass is 9.98. The molecule has 3 aromatic rings. The molecule has 2 aromatic carbocycles. The number of aliphatic hydroxyl groups excluding tert-OH is 2. The predicted octanol–water partition coefficient (Wildman–Crippen LogP) is 2.75. The van der Waals surface area contributed by atoms with E-state index < -0.39 is 6.10 Å². The van der Waals surface area contributed by atoms with Crippen LogP contribution in [0.4, 0.5) is 0 Å². The highest BCUT2D eigenvalue weighted by Crippen LogP contribution is 2.33. The second-order valence-corrected chi connectivity index (χ2v) is 8.04. The average molecular weight is 424 g/mol. The molecule has 7 heteroatoms. The fourth-order valence-corrected chi connectivity index (χ4v) is 4.06. The molecule has 1 fully saturated rings. The number of hydrogen-bond acceptors (Lipinski definition) is 7. The topological polar surface area (TPSA) is 87.9 Å². The number of benzene rings is 2. The number of aliphatic hydroxyl groups is 2. The van der Waals surface area contributed by atoms with Crippen LogP contribution in [0.3, 0.4) is 0 Å². The Balaban J connectivity index is 1.46. The van der Waals surface area contributed by atoms with Crippen molar-refractivity contribution in [3.8, 4) is 22.9 Å². The van der Waals surface area contributed by atoms with Gasteiger partial charge in [0, 0.05) is 31.1 Å². The standard InChI is InChI=1S/C24H29N3O4/c1-30-24-25-12-19(13-26-24)23-11-21(10-18-4-2-3-5-22(18)23)31-16-20(29)14-27-8-6-17(15-28)7-9-27/h2-5,10-13,17,20,28-29H,6-9,14-16H2,1H3. The van der Waals surface area contributed by atoms with E-state index in [9.17, 15) is 10.2 Å². The molecule has 0 radical (unpaired) electrons. The summed E-state index contributed by atoms with van der Waals surface area (Å²) in [5, 5.41) is 21.9. The van der Waals surface area contributed by atoms with E-state index in [4.69, 9.17) is 9.47 Å². The van der Waals surface area contributed by atoms with Crippen LogP contribution in [0, 0.1) is 5.92 Å². The first kappa shape index (κ1) is 21.5. The zero-order valence-corrected chi connectivity index (χ0v) is 17.8. The molecule has 0 aliphatic carbocycles. The molecule has 0 amide bonds. The van der Waals surface area contributed by atoms with Crippen LogP contribution in [0.25, 0.3) is 21.9 Å². The Morgan fingerprint density at radius 1 is 1.13 bits per heavy atom. The Labute approximate surface area is 182 Å². The molecule has 1 aromatic heterocycles. The Morgan fingerprint density at radius 3 is 2.58 bits per heavy atom. The van der Waals surface area contributed by atoms with Gasteiger partial charge in [-0.25, -0.2) is 9.97 Å². The molecule has 0 spiro atoms. The molecule has 7 nitrogen and oxygen atoms in total. The molecule has 0 saturated carbocycles. The van der Waals surface area contributed by atoms with Crippen molar-refractivity contribution in [2.24, 2.45) is 5.92 Å². The van der Waals surface area contributed by atoms with Gasteiger partial charge in [-0.3, -0.25) is 0 Å². The van der Waals surface area contributed by atoms with Crippen LogP contribution in [0.2, 0.25) is 0 Å². The molecule has 1 aliphatic heterocycles. The van der Waals surface area contributed by atoms with Crippen molar-refractivity contribution < 1.29 is 19.7 Å². The zero-order chi connectivity index (χ0) is 21.6. The van der Waals surface area contributed by atoms with Crippen molar-refractivity contribution in [2.45, 2.75) is 18.9 Å². The second-order valence-electron chi connectivity index (χ2n) is 8.04. The normalized spacial score (nSPS) is 16.4. The number of β-amino-alcohol motifs (C(OH)–C–C–N with tert-alkyl or cyclic N) is 1. The number of ether oxygens (including phenoxy) is 2. The maximum atomic E-state index is 10.5. The minimum atomic E-state index is -0.579. The van der Waals surface area contributed by atoms with E-state index in [0.717, 1.165) is 47.8 Å². The average Bonchev–Trinajstić information content (AvgIpc) is 2.83. The third-order valence-corrected chi connectivity index (χ3v) is 5.83. The van der Waals surface area contributed by atoms with E-state index in [1.54, 1.807) is 19.5 Å². The Hall–Kier alpha value is -2.74. The van der Waals surface area contributed by atoms with Crippen molar-refractivity contribution in [1.82, 2.24) is 14.9 Å². The molecule has 164 valence electrons. The van der Waals surface area contributed by atoms with E-state index >= 15 is 0 Å². The maximum Gasteiger partial charge on any atom is 0.316 e. The number of aromatic nitrogens is 2. The molecule has 1 unspecified atom stereocenters. The first-order valence-electron chi connectivity index (χ1n) is 10.7. The fourth-order valence-electron chi connectivity index (χ4n) is 4.06. The van der Waals surface area contributed by atoms with Gasteiger partial charge < -0.3 is 24.6 Å². The summed E-state index contributed by atoms with van der Waals surface area (Å²) in [5.74, 6) is 1.09. The largest absolute Gasteiger partial charge is 0.491 e. The Bertz CT molecular complexity index is 988. The summed E-state index contributed by atoms with van der Waals surface area (Å²) < 4.78 is 11.0. The third kappa shape index (κ3) is 5.31. The van der Waals surface area contributed by atoms with Gasteiger partial charge in [-0.1, -0.05) is 24.3 Å². The second kappa shape index (κ2) is 10.0. The number of hydrogen-bond donors (Lipinski definition) is 2. The van der Waals surface area contributed by atoms with Gasteiger partial charge in [0.25, 0.3) is 0 Å². The van der Waals surface area contributed by atoms with Crippen LogP contribution >= 0.6 is 0 Å². The SMILES string of the molecule is COc1ncc(-c2cc(OCC(O)CN3CCC(CO)CC3)cc3ccccc23)cn1. The van der Waals surface area contributed by atoms with Gasteiger partial charge in [-0.15, -0.1) is 0 Å².